The second-order valence-electron chi connectivity index (χ2n) is 6.36. The molecule has 25 heavy (non-hydrogen) atoms. The smallest absolute Gasteiger partial charge is 0.314 e. The number of nitrogens with one attached hydrogen (secondary N) is 2. The molecule has 2 heterocycles. The normalized spacial score (nSPS) is 17.6. The minimum absolute atomic E-state index is 0.0117. The predicted octanol–water partition coefficient (Wildman–Crippen LogP) is 2.06. The van der Waals surface area contributed by atoms with Crippen molar-refractivity contribution in [3.05, 3.63) is 29.0 Å². The molecule has 4 N–H and O–H groups in total. The van der Waals surface area contributed by atoms with Crippen molar-refractivity contribution in [2.75, 3.05) is 19.6 Å². The Kier molecular flexibility index (Phi) is 5.43. The lowest BCUT2D eigenvalue weighted by molar-refractivity contribution is -0.126. The van der Waals surface area contributed by atoms with E-state index in [1.807, 2.05) is 18.2 Å². The summed E-state index contributed by atoms with van der Waals surface area (Å²) in [7, 11) is 0. The van der Waals surface area contributed by atoms with Crippen molar-refractivity contribution < 1.29 is 9.59 Å². The van der Waals surface area contributed by atoms with E-state index in [1.165, 1.54) is 4.90 Å². The molecule has 2 aromatic rings. The van der Waals surface area contributed by atoms with E-state index in [2.05, 4.69) is 15.3 Å². The molecule has 0 radical (unpaired) electrons. The Bertz CT molecular complexity index is 775. The van der Waals surface area contributed by atoms with E-state index in [9.17, 15) is 9.59 Å². The van der Waals surface area contributed by atoms with E-state index in [0.717, 1.165) is 42.5 Å². The van der Waals surface area contributed by atoms with E-state index in [4.69, 9.17) is 17.3 Å². The van der Waals surface area contributed by atoms with Gasteiger partial charge in [-0.15, -0.1) is 0 Å². The highest BCUT2D eigenvalue weighted by Crippen LogP contribution is 2.18. The topological polar surface area (TPSA) is 104 Å². The zero-order valence-corrected chi connectivity index (χ0v) is 14.7. The maximum Gasteiger partial charge on any atom is 0.314 e. The van der Waals surface area contributed by atoms with Gasteiger partial charge in [-0.05, 0) is 37.5 Å². The Morgan fingerprint density at radius 1 is 1.44 bits per heavy atom. The summed E-state index contributed by atoms with van der Waals surface area (Å²) < 4.78 is 0. The van der Waals surface area contributed by atoms with Gasteiger partial charge in [0.05, 0.1) is 17.0 Å². The van der Waals surface area contributed by atoms with Crippen LogP contribution in [0.25, 0.3) is 11.0 Å². The molecule has 0 unspecified atom stereocenters. The number of urea groups is 1. The molecule has 1 aliphatic heterocycles. The van der Waals surface area contributed by atoms with Gasteiger partial charge in [-0.3, -0.25) is 4.79 Å². The summed E-state index contributed by atoms with van der Waals surface area (Å²) in [6.45, 7) is 1.62. The summed E-state index contributed by atoms with van der Waals surface area (Å²) in [5.41, 5.74) is 7.10. The van der Waals surface area contributed by atoms with E-state index in [1.54, 1.807) is 0 Å². The van der Waals surface area contributed by atoms with Crippen LogP contribution in [-0.4, -0.2) is 46.4 Å². The number of primary amides is 1. The second kappa shape index (κ2) is 7.74. The molecule has 0 aliphatic carbocycles. The molecule has 3 amide bonds. The van der Waals surface area contributed by atoms with Crippen LogP contribution in [-0.2, 0) is 11.2 Å². The number of halogens is 1. The molecule has 1 aromatic heterocycles. The Morgan fingerprint density at radius 3 is 3.08 bits per heavy atom. The maximum absolute atomic E-state index is 12.2. The summed E-state index contributed by atoms with van der Waals surface area (Å²) in [4.78, 5) is 32.7. The number of carbonyl (C=O) groups excluding carboxylic acids is 2. The monoisotopic (exact) mass is 363 g/mol. The van der Waals surface area contributed by atoms with Gasteiger partial charge in [0, 0.05) is 31.1 Å². The number of hydrogen-bond acceptors (Lipinski definition) is 3. The molecule has 1 atom stereocenters. The lowest BCUT2D eigenvalue weighted by atomic mass is 9.97. The van der Waals surface area contributed by atoms with Crippen molar-refractivity contribution >= 4 is 34.6 Å². The van der Waals surface area contributed by atoms with Crippen molar-refractivity contribution in [3.8, 4) is 0 Å². The predicted molar refractivity (Wildman–Crippen MR) is 96.3 cm³/mol. The van der Waals surface area contributed by atoms with Gasteiger partial charge in [0.25, 0.3) is 0 Å². The highest BCUT2D eigenvalue weighted by Gasteiger charge is 2.27. The highest BCUT2D eigenvalue weighted by atomic mass is 35.5. The molecular weight excluding hydrogens is 342 g/mol. The number of nitrogens with two attached hydrogens (primary N) is 1. The molecule has 1 fully saturated rings. The van der Waals surface area contributed by atoms with Crippen molar-refractivity contribution in [2.24, 2.45) is 11.7 Å². The highest BCUT2D eigenvalue weighted by molar-refractivity contribution is 6.31. The van der Waals surface area contributed by atoms with Crippen molar-refractivity contribution in [1.29, 1.82) is 0 Å². The average Bonchev–Trinajstić information content (AvgIpc) is 3.00. The van der Waals surface area contributed by atoms with E-state index in [0.29, 0.717) is 24.7 Å². The third-order valence-corrected chi connectivity index (χ3v) is 4.72. The van der Waals surface area contributed by atoms with Crippen molar-refractivity contribution in [1.82, 2.24) is 20.2 Å². The molecule has 1 saturated heterocycles. The van der Waals surface area contributed by atoms with Crippen molar-refractivity contribution in [3.63, 3.8) is 0 Å². The molecule has 3 rings (SSSR count). The van der Waals surface area contributed by atoms with Gasteiger partial charge in [0.2, 0.25) is 5.91 Å². The van der Waals surface area contributed by atoms with Crippen LogP contribution >= 0.6 is 11.6 Å². The number of H-pyrrole nitrogens is 1. The fourth-order valence-electron chi connectivity index (χ4n) is 3.16. The summed E-state index contributed by atoms with van der Waals surface area (Å²) >= 11 is 5.97. The number of fused-ring (bicyclic) bond motifs is 1. The number of aromatic amines is 1. The molecule has 0 saturated carbocycles. The fraction of sp³-hybridized carbons (Fsp3) is 0.471. The van der Waals surface area contributed by atoms with Crippen LogP contribution in [0.1, 0.15) is 25.1 Å². The number of hydrogen-bond donors (Lipinski definition) is 3. The lowest BCUT2D eigenvalue weighted by Gasteiger charge is -2.30. The van der Waals surface area contributed by atoms with Gasteiger partial charge in [0.15, 0.2) is 0 Å². The molecular formula is C17H22ClN5O2. The number of aromatic nitrogens is 2. The third kappa shape index (κ3) is 4.42. The Labute approximate surface area is 150 Å². The van der Waals surface area contributed by atoms with Crippen LogP contribution in [0.5, 0.6) is 0 Å². The van der Waals surface area contributed by atoms with E-state index in [-0.39, 0.29) is 11.8 Å². The summed E-state index contributed by atoms with van der Waals surface area (Å²) in [5, 5.41) is 3.62. The number of piperidine rings is 1. The van der Waals surface area contributed by atoms with E-state index >= 15 is 0 Å². The number of imidazole rings is 1. The molecule has 1 aromatic carbocycles. The second-order valence-corrected chi connectivity index (χ2v) is 6.80. The zero-order valence-electron chi connectivity index (χ0n) is 13.9. The summed E-state index contributed by atoms with van der Waals surface area (Å²) in [6, 6.07) is 5.09. The Balaban J connectivity index is 1.44. The zero-order chi connectivity index (χ0) is 17.8. The number of carbonyl (C=O) groups is 2. The van der Waals surface area contributed by atoms with Gasteiger partial charge < -0.3 is 20.9 Å². The number of benzene rings is 1. The Morgan fingerprint density at radius 2 is 2.28 bits per heavy atom. The van der Waals surface area contributed by atoms with Gasteiger partial charge in [-0.25, -0.2) is 9.78 Å². The number of amides is 3. The summed E-state index contributed by atoms with van der Waals surface area (Å²) in [5.74, 6) is 0.695. The lowest BCUT2D eigenvalue weighted by Crippen LogP contribution is -2.47. The number of likely N-dealkylation sites (tertiary alicyclic amines) is 1. The van der Waals surface area contributed by atoms with Gasteiger partial charge >= 0.3 is 6.03 Å². The van der Waals surface area contributed by atoms with Crippen LogP contribution in [0, 0.1) is 5.92 Å². The third-order valence-electron chi connectivity index (χ3n) is 4.49. The molecule has 134 valence electrons. The molecule has 8 heteroatoms. The molecule has 1 aliphatic rings. The largest absolute Gasteiger partial charge is 0.356 e. The fourth-order valence-corrected chi connectivity index (χ4v) is 3.33. The van der Waals surface area contributed by atoms with Crippen molar-refractivity contribution in [2.45, 2.75) is 25.7 Å². The van der Waals surface area contributed by atoms with Crippen LogP contribution in [0.15, 0.2) is 18.2 Å². The Hall–Kier alpha value is -2.28. The SMILES string of the molecule is NC(=O)N1CCC[C@@H](C(=O)NCCCc2nc3ccc(Cl)cc3[nH]2)C1. The maximum atomic E-state index is 12.2. The van der Waals surface area contributed by atoms with Crippen LogP contribution in [0.3, 0.4) is 0 Å². The summed E-state index contributed by atoms with van der Waals surface area (Å²) in [6.07, 6.45) is 3.12. The quantitative estimate of drug-likeness (QED) is 0.708. The van der Waals surface area contributed by atoms with Gasteiger partial charge in [-0.2, -0.15) is 0 Å². The van der Waals surface area contributed by atoms with Crippen LogP contribution in [0.4, 0.5) is 4.79 Å². The number of aryl methyl sites for hydroxylation is 1. The first-order valence-electron chi connectivity index (χ1n) is 8.49. The number of nitrogens with zero attached hydrogens (tertiary/aromatic N) is 2. The standard InChI is InChI=1S/C17H22ClN5O2/c18-12-5-6-13-14(9-12)22-15(21-13)4-1-7-20-16(24)11-3-2-8-23(10-11)17(19)25/h5-6,9,11H,1-4,7-8,10H2,(H2,19,25)(H,20,24)(H,21,22)/t11-/m1/s1. The molecule has 0 spiro atoms. The molecule has 7 nitrogen and oxygen atoms in total. The van der Waals surface area contributed by atoms with Crippen LogP contribution in [0.2, 0.25) is 5.02 Å². The molecule has 0 bridgehead atoms. The van der Waals surface area contributed by atoms with E-state index < -0.39 is 6.03 Å². The van der Waals surface area contributed by atoms with Gasteiger partial charge in [0.1, 0.15) is 5.82 Å². The minimum Gasteiger partial charge on any atom is -0.356 e. The average molecular weight is 364 g/mol. The number of rotatable bonds is 5. The first-order chi connectivity index (χ1) is 12.0. The van der Waals surface area contributed by atoms with Gasteiger partial charge in [-0.1, -0.05) is 11.6 Å². The first kappa shape index (κ1) is 17.5. The minimum atomic E-state index is -0.456. The van der Waals surface area contributed by atoms with Crippen LogP contribution < -0.4 is 11.1 Å². The first-order valence-corrected chi connectivity index (χ1v) is 8.87.